The van der Waals surface area contributed by atoms with E-state index < -0.39 is 23.5 Å². The Morgan fingerprint density at radius 2 is 1.93 bits per heavy atom. The SMILES string of the molecule is CC(C)(C)NC(=O)c1cccnc1CC(O)C(N)Cc1cc(Cl)ccc1F.Cl.Cl. The van der Waals surface area contributed by atoms with Crippen LogP contribution in [0.25, 0.3) is 0 Å². The van der Waals surface area contributed by atoms with Crippen molar-refractivity contribution in [2.24, 2.45) is 5.73 Å². The number of rotatable bonds is 6. The Bertz CT molecular complexity index is 816. The second-order valence-electron chi connectivity index (χ2n) is 7.58. The molecule has 2 aromatic rings. The number of carbonyl (C=O) groups excluding carboxylic acids is 1. The third-order valence-electron chi connectivity index (χ3n) is 3.98. The van der Waals surface area contributed by atoms with Crippen LogP contribution in [0, 0.1) is 5.82 Å². The molecular weight excluding hydrogens is 440 g/mol. The molecule has 5 nitrogen and oxygen atoms in total. The first kappa shape index (κ1) is 27.6. The maximum Gasteiger partial charge on any atom is 0.253 e. The highest BCUT2D eigenvalue weighted by molar-refractivity contribution is 6.30. The van der Waals surface area contributed by atoms with E-state index >= 15 is 0 Å². The molecule has 0 spiro atoms. The van der Waals surface area contributed by atoms with E-state index in [1.807, 2.05) is 20.8 Å². The average Bonchev–Trinajstić information content (AvgIpc) is 2.57. The Labute approximate surface area is 188 Å². The molecule has 0 radical (unpaired) electrons. The predicted molar refractivity (Wildman–Crippen MR) is 119 cm³/mol. The largest absolute Gasteiger partial charge is 0.391 e. The van der Waals surface area contributed by atoms with Gasteiger partial charge in [0.05, 0.1) is 17.4 Å². The normalized spacial score (nSPS) is 12.9. The molecule has 9 heteroatoms. The number of nitrogens with two attached hydrogens (primary N) is 1. The zero-order valence-electron chi connectivity index (χ0n) is 16.5. The number of aromatic nitrogens is 1. The number of nitrogens with one attached hydrogen (secondary N) is 1. The number of aliphatic hydroxyl groups excluding tert-OH is 1. The minimum atomic E-state index is -1.00. The zero-order valence-corrected chi connectivity index (χ0v) is 18.9. The monoisotopic (exact) mass is 465 g/mol. The van der Waals surface area contributed by atoms with Crippen molar-refractivity contribution >= 4 is 42.3 Å². The van der Waals surface area contributed by atoms with Gasteiger partial charge in [0.1, 0.15) is 5.82 Å². The molecule has 4 N–H and O–H groups in total. The summed E-state index contributed by atoms with van der Waals surface area (Å²) in [5.41, 5.74) is 6.81. The van der Waals surface area contributed by atoms with Crippen molar-refractivity contribution < 1.29 is 14.3 Å². The van der Waals surface area contributed by atoms with E-state index in [1.165, 1.54) is 18.2 Å². The van der Waals surface area contributed by atoms with Gasteiger partial charge in [-0.1, -0.05) is 11.6 Å². The van der Waals surface area contributed by atoms with Crippen LogP contribution < -0.4 is 11.1 Å². The molecule has 162 valence electrons. The molecule has 2 rings (SSSR count). The molecule has 0 saturated heterocycles. The lowest BCUT2D eigenvalue weighted by molar-refractivity contribution is 0.0916. The first-order chi connectivity index (χ1) is 12.6. The predicted octanol–water partition coefficient (Wildman–Crippen LogP) is 3.72. The second-order valence-corrected chi connectivity index (χ2v) is 8.01. The van der Waals surface area contributed by atoms with Gasteiger partial charge in [-0.3, -0.25) is 9.78 Å². The van der Waals surface area contributed by atoms with Gasteiger partial charge in [0.15, 0.2) is 0 Å². The summed E-state index contributed by atoms with van der Waals surface area (Å²) in [5.74, 6) is -0.697. The third-order valence-corrected chi connectivity index (χ3v) is 4.22. The summed E-state index contributed by atoms with van der Waals surface area (Å²) in [7, 11) is 0. The maximum absolute atomic E-state index is 13.9. The van der Waals surface area contributed by atoms with Crippen LogP contribution in [0.1, 0.15) is 42.4 Å². The minimum absolute atomic E-state index is 0. The number of aliphatic hydroxyl groups is 1. The third kappa shape index (κ3) is 8.44. The quantitative estimate of drug-likeness (QED) is 0.605. The van der Waals surface area contributed by atoms with E-state index in [0.29, 0.717) is 21.8 Å². The fraction of sp³-hybridized carbons (Fsp3) is 0.400. The molecule has 0 bridgehead atoms. The van der Waals surface area contributed by atoms with Gasteiger partial charge in [-0.05, 0) is 63.1 Å². The average molecular weight is 467 g/mol. The number of benzene rings is 1. The van der Waals surface area contributed by atoms with Crippen molar-refractivity contribution in [3.05, 3.63) is 64.2 Å². The van der Waals surface area contributed by atoms with E-state index in [-0.39, 0.29) is 43.6 Å². The van der Waals surface area contributed by atoms with Gasteiger partial charge in [0.2, 0.25) is 0 Å². The fourth-order valence-electron chi connectivity index (χ4n) is 2.65. The zero-order chi connectivity index (χ0) is 20.2. The number of nitrogens with zero attached hydrogens (tertiary/aromatic N) is 1. The van der Waals surface area contributed by atoms with Gasteiger partial charge in [0, 0.05) is 29.2 Å². The summed E-state index contributed by atoms with van der Waals surface area (Å²) < 4.78 is 13.9. The highest BCUT2D eigenvalue weighted by atomic mass is 35.5. The van der Waals surface area contributed by atoms with Gasteiger partial charge in [-0.2, -0.15) is 0 Å². The summed E-state index contributed by atoms with van der Waals surface area (Å²) in [6.07, 6.45) is 0.749. The molecule has 0 aliphatic rings. The number of hydrogen-bond donors (Lipinski definition) is 3. The molecule has 1 aromatic carbocycles. The number of amides is 1. The van der Waals surface area contributed by atoms with Gasteiger partial charge in [-0.25, -0.2) is 4.39 Å². The summed E-state index contributed by atoms with van der Waals surface area (Å²) in [6, 6.07) is 6.79. The van der Waals surface area contributed by atoms with Gasteiger partial charge >= 0.3 is 0 Å². The summed E-state index contributed by atoms with van der Waals surface area (Å²) in [4.78, 5) is 16.7. The lowest BCUT2D eigenvalue weighted by atomic mass is 9.96. The van der Waals surface area contributed by atoms with Gasteiger partial charge in [0.25, 0.3) is 5.91 Å². The van der Waals surface area contributed by atoms with Crippen LogP contribution in [-0.4, -0.2) is 33.7 Å². The Morgan fingerprint density at radius 1 is 1.28 bits per heavy atom. The van der Waals surface area contributed by atoms with Crippen molar-refractivity contribution in [1.29, 1.82) is 0 Å². The topological polar surface area (TPSA) is 88.2 Å². The van der Waals surface area contributed by atoms with E-state index in [0.717, 1.165) is 0 Å². The lowest BCUT2D eigenvalue weighted by Crippen LogP contribution is -2.42. The van der Waals surface area contributed by atoms with Crippen LogP contribution in [0.5, 0.6) is 0 Å². The first-order valence-corrected chi connectivity index (χ1v) is 9.08. The number of pyridine rings is 1. The highest BCUT2D eigenvalue weighted by Crippen LogP contribution is 2.18. The van der Waals surface area contributed by atoms with Crippen LogP contribution in [0.2, 0.25) is 5.02 Å². The summed E-state index contributed by atoms with van der Waals surface area (Å²) in [5, 5.41) is 13.8. The summed E-state index contributed by atoms with van der Waals surface area (Å²) in [6.45, 7) is 5.64. The van der Waals surface area contributed by atoms with Crippen LogP contribution >= 0.6 is 36.4 Å². The van der Waals surface area contributed by atoms with Crippen molar-refractivity contribution in [2.75, 3.05) is 0 Å². The second kappa shape index (κ2) is 11.7. The van der Waals surface area contributed by atoms with E-state index in [9.17, 15) is 14.3 Å². The van der Waals surface area contributed by atoms with Crippen molar-refractivity contribution in [3.63, 3.8) is 0 Å². The Balaban J connectivity index is 0.00000392. The molecule has 0 aliphatic carbocycles. The fourth-order valence-corrected chi connectivity index (χ4v) is 2.85. The summed E-state index contributed by atoms with van der Waals surface area (Å²) >= 11 is 5.89. The molecule has 2 atom stereocenters. The number of halogens is 4. The lowest BCUT2D eigenvalue weighted by Gasteiger charge is -2.23. The van der Waals surface area contributed by atoms with Crippen LogP contribution in [-0.2, 0) is 12.8 Å². The van der Waals surface area contributed by atoms with E-state index in [2.05, 4.69) is 10.3 Å². The molecule has 2 unspecified atom stereocenters. The number of hydrogen-bond acceptors (Lipinski definition) is 4. The van der Waals surface area contributed by atoms with Crippen molar-refractivity contribution in [2.45, 2.75) is 51.3 Å². The maximum atomic E-state index is 13.9. The standard InChI is InChI=1S/C20H25ClFN3O2.2ClH/c1-20(2,3)25-19(27)14-5-4-8-24-17(14)11-18(26)16(23)10-12-9-13(21)6-7-15(12)22;;/h4-9,16,18,26H,10-11,23H2,1-3H3,(H,25,27);2*1H. The molecule has 1 aromatic heterocycles. The molecule has 1 amide bonds. The van der Waals surface area contributed by atoms with Crippen molar-refractivity contribution in [3.8, 4) is 0 Å². The smallest absolute Gasteiger partial charge is 0.253 e. The van der Waals surface area contributed by atoms with E-state index in [1.54, 1.807) is 18.3 Å². The Hall–Kier alpha value is -1.44. The minimum Gasteiger partial charge on any atom is -0.391 e. The van der Waals surface area contributed by atoms with Crippen molar-refractivity contribution in [1.82, 2.24) is 10.3 Å². The van der Waals surface area contributed by atoms with E-state index in [4.69, 9.17) is 17.3 Å². The molecule has 0 aliphatic heterocycles. The first-order valence-electron chi connectivity index (χ1n) is 8.71. The Morgan fingerprint density at radius 3 is 2.55 bits per heavy atom. The van der Waals surface area contributed by atoms with Gasteiger partial charge in [-0.15, -0.1) is 24.8 Å². The molecule has 29 heavy (non-hydrogen) atoms. The molecule has 0 fully saturated rings. The van der Waals surface area contributed by atoms with Gasteiger partial charge < -0.3 is 16.2 Å². The molecule has 0 saturated carbocycles. The highest BCUT2D eigenvalue weighted by Gasteiger charge is 2.23. The molecular formula is C20H27Cl3FN3O2. The van der Waals surface area contributed by atoms with Crippen LogP contribution in [0.3, 0.4) is 0 Å². The van der Waals surface area contributed by atoms with Crippen LogP contribution in [0.4, 0.5) is 4.39 Å². The number of carbonyl (C=O) groups is 1. The van der Waals surface area contributed by atoms with Crippen LogP contribution in [0.15, 0.2) is 36.5 Å². The molecule has 1 heterocycles. The Kier molecular flexibility index (Phi) is 11.1.